The van der Waals surface area contributed by atoms with Crippen LogP contribution < -0.4 is 21.1 Å². The van der Waals surface area contributed by atoms with Crippen molar-refractivity contribution in [2.24, 2.45) is 0 Å². The standard InChI is InChI=1S/C94H125N3O35/c1-85(2)107-40-54(117-85)58-62(70-79(111-58)127-89(9,10)121-70)101-34-46-26-47(35-102-63-59(55-41-108-86(3,4)118-55)112-80-71(63)122-90(11,12)128-80)31-52(30-46)96-77(99)68-66(74-83(115-68)131-93(17,18)125-74)105-38-44-25-45(29-51(28-44)95-76(98)50-23-21-22-24-50)39-106-67-69(116-84-75(67)126-94(19,20)132-84)78(100)97-53-32-48(36-103-64-60(56-42-109-87(5,6)119-56)113-81-72(64)123-91(13,14)129-81)27-49(33-53)37-104-65-61(57-43-110-88(7,8)120-57)114-82-73(65)124-92(15,16)130-82/h21-33,54-75,79-84,95,98H,34-43H2,1-20H3,(H,96,99)(H,97,100)/p-1/t54-,55-,56-,57?,58-,59-,60-,61?,62+,63+,64+,65?,66+,67+,68+,69+,70-,71-,72-,73-,74-,75-,79-,80-,81-,82-,83-,84-/m1/s1. The van der Waals surface area contributed by atoms with Crippen LogP contribution in [0.1, 0.15) is 172 Å². The molecule has 16 heterocycles. The van der Waals surface area contributed by atoms with E-state index in [1.165, 1.54) is 0 Å². The lowest BCUT2D eigenvalue weighted by atomic mass is 10.0. The van der Waals surface area contributed by atoms with Gasteiger partial charge >= 0.3 is 0 Å². The molecule has 20 rings (SSSR count). The number of fused-ring (bicyclic) bond motifs is 6. The largest absolute Gasteiger partial charge is 0.860 e. The van der Waals surface area contributed by atoms with Crippen LogP contribution in [0.5, 0.6) is 0 Å². The van der Waals surface area contributed by atoms with Crippen LogP contribution in [0.15, 0.2) is 90.4 Å². The predicted octanol–water partition coefficient (Wildman–Crippen LogP) is 8.25. The number of ether oxygens (including phenoxy) is 32. The van der Waals surface area contributed by atoms with E-state index in [0.29, 0.717) is 56.0 Å². The topological polar surface area (TPSA) is 389 Å². The molecular formula is C94H124N3O35-. The molecule has 1 aliphatic carbocycles. The molecule has 38 nitrogen and oxygen atoms in total. The van der Waals surface area contributed by atoms with Crippen LogP contribution in [0.25, 0.3) is 0 Å². The summed E-state index contributed by atoms with van der Waals surface area (Å²) >= 11 is 0. The molecule has 38 heteroatoms. The average Bonchev–Trinajstić information content (AvgIpc) is 1.36. The summed E-state index contributed by atoms with van der Waals surface area (Å²) in [4.78, 5) is 31.0. The molecule has 28 atom stereocenters. The van der Waals surface area contributed by atoms with Gasteiger partial charge in [0, 0.05) is 17.1 Å². The summed E-state index contributed by atoms with van der Waals surface area (Å²) < 4.78 is 207. The van der Waals surface area contributed by atoms with Crippen LogP contribution in [0.2, 0.25) is 0 Å². The van der Waals surface area contributed by atoms with Crippen molar-refractivity contribution in [2.45, 2.75) is 408 Å². The second-order valence-corrected chi connectivity index (χ2v) is 41.2. The summed E-state index contributed by atoms with van der Waals surface area (Å²) in [6.45, 7) is 36.8. The van der Waals surface area contributed by atoms with Gasteiger partial charge in [0.15, 0.2) is 108 Å². The molecule has 0 bridgehead atoms. The van der Waals surface area contributed by atoms with E-state index in [2.05, 4.69) is 16.0 Å². The molecule has 16 aliphatic heterocycles. The second-order valence-electron chi connectivity index (χ2n) is 41.2. The Hall–Kier alpha value is -5.86. The molecule has 726 valence electrons. The highest BCUT2D eigenvalue weighted by molar-refractivity contribution is 5.96. The smallest absolute Gasteiger partial charge is 0.256 e. The number of benzene rings is 3. The molecule has 0 spiro atoms. The number of anilines is 3. The lowest BCUT2D eigenvalue weighted by Gasteiger charge is -2.29. The minimum absolute atomic E-state index is 0.0141. The first kappa shape index (κ1) is 93.8. The molecular weight excluding hydrogens is 1730 g/mol. The highest BCUT2D eigenvalue weighted by atomic mass is 16.9. The highest BCUT2D eigenvalue weighted by Crippen LogP contribution is 2.50. The molecule has 0 aromatic heterocycles. The third kappa shape index (κ3) is 20.0. The minimum atomic E-state index is -1.36. The maximum absolute atomic E-state index is 15.5. The van der Waals surface area contributed by atoms with Crippen LogP contribution in [-0.2, 0) is 201 Å². The van der Waals surface area contributed by atoms with E-state index in [0.717, 1.165) is 0 Å². The fourth-order valence-electron chi connectivity index (χ4n) is 20.5. The van der Waals surface area contributed by atoms with Crippen LogP contribution >= 0.6 is 0 Å². The van der Waals surface area contributed by atoms with Crippen LogP contribution in [0, 0.1) is 0 Å². The fourth-order valence-corrected chi connectivity index (χ4v) is 20.5. The zero-order valence-electron chi connectivity index (χ0n) is 78.0. The summed E-state index contributed by atoms with van der Waals surface area (Å²) in [5, 5.41) is 23.5. The maximum atomic E-state index is 15.5. The summed E-state index contributed by atoms with van der Waals surface area (Å²) in [6.07, 6.45) is -15.1. The number of nitrogens with one attached hydrogen (secondary N) is 3. The Morgan fingerprint density at radius 3 is 0.735 bits per heavy atom. The number of hydrogen-bond acceptors (Lipinski definition) is 36. The molecule has 0 saturated carbocycles. The first-order valence-electron chi connectivity index (χ1n) is 45.8. The van der Waals surface area contributed by atoms with Gasteiger partial charge in [-0.05, 0) is 220 Å². The van der Waals surface area contributed by atoms with Gasteiger partial charge in [0.05, 0.1) is 66.1 Å². The highest BCUT2D eigenvalue weighted by Gasteiger charge is 2.66. The van der Waals surface area contributed by atoms with Gasteiger partial charge < -0.3 is 173 Å². The van der Waals surface area contributed by atoms with E-state index in [9.17, 15) is 5.11 Å². The first-order valence-corrected chi connectivity index (χ1v) is 45.8. The Morgan fingerprint density at radius 2 is 0.500 bits per heavy atom. The Morgan fingerprint density at radius 1 is 0.280 bits per heavy atom. The van der Waals surface area contributed by atoms with E-state index in [4.69, 9.17) is 152 Å². The Labute approximate surface area is 766 Å². The zero-order chi connectivity index (χ0) is 92.7. The molecule has 2 amide bonds. The Balaban J connectivity index is 0.568. The van der Waals surface area contributed by atoms with Gasteiger partial charge in [0.2, 0.25) is 0 Å². The average molecular weight is 1860 g/mol. The Bertz CT molecular complexity index is 4410. The van der Waals surface area contributed by atoms with Gasteiger partial charge in [-0.2, -0.15) is 0 Å². The van der Waals surface area contributed by atoms with Crippen molar-refractivity contribution in [3.8, 4) is 0 Å². The Kier molecular flexibility index (Phi) is 24.8. The SMILES string of the molecule is CC1(C)OCC(C2O[C@@H]3OC(C)(C)O[C@@H]3C2OCc2cc(CO[C@@H]3[C@H]4OC(C)(C)O[C@H]4O[C@@H]3[C@H]3COC(C)(C)O3)cc(NC(=O)[C@H]3O[C@@H]4OC(C)(C)O[C@@H]4[C@H]3OCc3cc(CO[C@@H]4[C@H]5OC(C)(C)O[C@H]5O[C@@H]4C(=O)Nc4cc(CO[C@@H]5[C@H]6OC(C)(C)O[C@H]6O[C@@H]5[C@H]5COC(C)(C)O5)cc(CO[C@@H]5[C@H]6OC(C)(C)O[C@H]6O[C@@H]5[C@H]5COC(C)(C)O5)c4)cc(NC([O-])=C4C=CC=C4)c3)c2)O1. The van der Waals surface area contributed by atoms with Crippen molar-refractivity contribution in [2.75, 3.05) is 42.4 Å². The third-order valence-electron chi connectivity index (χ3n) is 25.7. The second kappa shape index (κ2) is 34.9. The van der Waals surface area contributed by atoms with Crippen molar-refractivity contribution >= 4 is 28.9 Å². The summed E-state index contributed by atoms with van der Waals surface area (Å²) in [7, 11) is 0. The molecule has 3 aromatic carbocycles. The molecule has 0 radical (unpaired) electrons. The van der Waals surface area contributed by atoms with Gasteiger partial charge in [0.25, 0.3) is 11.8 Å². The quantitative estimate of drug-likeness (QED) is 0.0576. The van der Waals surface area contributed by atoms with Gasteiger partial charge in [-0.25, -0.2) is 0 Å². The molecule has 3 N–H and O–H groups in total. The molecule has 3 aromatic rings. The van der Waals surface area contributed by atoms with Crippen LogP contribution in [0.4, 0.5) is 17.1 Å². The van der Waals surface area contributed by atoms with Crippen molar-refractivity contribution in [1.29, 1.82) is 0 Å². The number of rotatable bonds is 28. The minimum Gasteiger partial charge on any atom is -0.860 e. The third-order valence-corrected chi connectivity index (χ3v) is 25.7. The van der Waals surface area contributed by atoms with Crippen molar-refractivity contribution in [3.63, 3.8) is 0 Å². The zero-order valence-corrected chi connectivity index (χ0v) is 78.0. The number of amides is 2. The number of carbonyl (C=O) groups is 2. The van der Waals surface area contributed by atoms with Gasteiger partial charge in [-0.15, -0.1) is 0 Å². The van der Waals surface area contributed by atoms with E-state index < -0.39 is 248 Å². The predicted molar refractivity (Wildman–Crippen MR) is 449 cm³/mol. The monoisotopic (exact) mass is 1850 g/mol. The van der Waals surface area contributed by atoms with Crippen LogP contribution in [0.3, 0.4) is 0 Å². The van der Waals surface area contributed by atoms with Gasteiger partial charge in [-0.3, -0.25) is 9.59 Å². The van der Waals surface area contributed by atoms with Crippen molar-refractivity contribution in [1.82, 2.24) is 0 Å². The number of allylic oxidation sites excluding steroid dienone is 5. The first-order chi connectivity index (χ1) is 62.2. The van der Waals surface area contributed by atoms with Gasteiger partial charge in [-0.1, -0.05) is 42.5 Å². The van der Waals surface area contributed by atoms with E-state index >= 15 is 9.59 Å². The van der Waals surface area contributed by atoms with Crippen molar-refractivity contribution in [3.05, 3.63) is 124 Å². The molecule has 132 heavy (non-hydrogen) atoms. The molecule has 16 saturated heterocycles. The maximum Gasteiger partial charge on any atom is 0.256 e. The summed E-state index contributed by atoms with van der Waals surface area (Å²) in [5.74, 6) is -11.3. The molecule has 16 fully saturated rings. The van der Waals surface area contributed by atoms with Crippen LogP contribution in [-0.4, -0.2) is 268 Å². The van der Waals surface area contributed by atoms with E-state index in [-0.39, 0.29) is 66.1 Å². The normalized spacial score (nSPS) is 40.3. The lowest BCUT2D eigenvalue weighted by Crippen LogP contribution is -2.44. The lowest BCUT2D eigenvalue weighted by molar-refractivity contribution is -0.300. The van der Waals surface area contributed by atoms with Crippen molar-refractivity contribution < 1.29 is 166 Å². The number of carbonyl (C=O) groups excluding carboxylic acids is 2. The molecule has 3 unspecified atom stereocenters. The fraction of sp³-hybridized carbons (Fsp3) is 0.723. The summed E-state index contributed by atoms with van der Waals surface area (Å²) in [6, 6.07) is 16.4. The number of hydrogen-bond donors (Lipinski definition) is 3. The summed E-state index contributed by atoms with van der Waals surface area (Å²) in [5.41, 5.74) is 5.04. The van der Waals surface area contributed by atoms with E-state index in [1.54, 1.807) is 88.4 Å². The van der Waals surface area contributed by atoms with E-state index in [1.807, 2.05) is 129 Å². The molecule has 17 aliphatic rings. The van der Waals surface area contributed by atoms with Gasteiger partial charge in [0.1, 0.15) is 122 Å².